The first-order valence-corrected chi connectivity index (χ1v) is 6.03. The highest BCUT2D eigenvalue weighted by Gasteiger charge is 2.10. The van der Waals surface area contributed by atoms with Crippen LogP contribution >= 0.6 is 11.8 Å². The molecule has 0 aliphatic carbocycles. The van der Waals surface area contributed by atoms with E-state index in [4.69, 9.17) is 5.73 Å². The number of rotatable bonds is 4. The number of thioether (sulfide) groups is 1. The second-order valence-corrected chi connectivity index (χ2v) is 4.31. The van der Waals surface area contributed by atoms with Crippen LogP contribution in [0.5, 0.6) is 0 Å². The lowest BCUT2D eigenvalue weighted by Crippen LogP contribution is -2.14. The Balaban J connectivity index is 2.12. The summed E-state index contributed by atoms with van der Waals surface area (Å²) in [7, 11) is 0. The van der Waals surface area contributed by atoms with Gasteiger partial charge in [-0.1, -0.05) is 42.1 Å². The molecular formula is C12H11N3OS. The summed E-state index contributed by atoms with van der Waals surface area (Å²) in [5, 5.41) is 0.573. The molecule has 86 valence electrons. The molecule has 17 heavy (non-hydrogen) atoms. The van der Waals surface area contributed by atoms with E-state index in [1.54, 1.807) is 6.20 Å². The number of primary amides is 1. The Bertz CT molecular complexity index is 516. The second kappa shape index (κ2) is 5.45. The maximum Gasteiger partial charge on any atom is 0.270 e. The van der Waals surface area contributed by atoms with Gasteiger partial charge in [0.05, 0.1) is 0 Å². The number of benzene rings is 1. The molecule has 1 aromatic heterocycles. The molecule has 0 bridgehead atoms. The smallest absolute Gasteiger partial charge is 0.270 e. The summed E-state index contributed by atoms with van der Waals surface area (Å²) in [5.74, 6) is 0.188. The number of hydrogen-bond donors (Lipinski definition) is 1. The van der Waals surface area contributed by atoms with Gasteiger partial charge >= 0.3 is 0 Å². The molecule has 1 amide bonds. The van der Waals surface area contributed by atoms with Crippen LogP contribution in [0.25, 0.3) is 0 Å². The quantitative estimate of drug-likeness (QED) is 0.835. The molecule has 0 saturated heterocycles. The molecule has 0 saturated carbocycles. The van der Waals surface area contributed by atoms with Gasteiger partial charge in [0.25, 0.3) is 5.91 Å². The molecular weight excluding hydrogens is 234 g/mol. The fourth-order valence-corrected chi connectivity index (χ4v) is 2.25. The van der Waals surface area contributed by atoms with Crippen LogP contribution < -0.4 is 5.73 Å². The van der Waals surface area contributed by atoms with E-state index >= 15 is 0 Å². The van der Waals surface area contributed by atoms with Crippen LogP contribution in [-0.2, 0) is 5.75 Å². The summed E-state index contributed by atoms with van der Waals surface area (Å²) >= 11 is 1.45. The third kappa shape index (κ3) is 3.04. The van der Waals surface area contributed by atoms with Crippen LogP contribution in [0.2, 0.25) is 0 Å². The Morgan fingerprint density at radius 3 is 2.59 bits per heavy atom. The molecule has 0 unspecified atom stereocenters. The lowest BCUT2D eigenvalue weighted by molar-refractivity contribution is 0.0991. The van der Waals surface area contributed by atoms with E-state index in [1.807, 2.05) is 30.3 Å². The van der Waals surface area contributed by atoms with Gasteiger partial charge in [0.2, 0.25) is 0 Å². The molecule has 0 atom stereocenters. The molecule has 0 fully saturated rings. The molecule has 2 rings (SSSR count). The minimum atomic E-state index is -0.548. The maximum absolute atomic E-state index is 11.1. The summed E-state index contributed by atoms with van der Waals surface area (Å²) in [4.78, 5) is 19.2. The van der Waals surface area contributed by atoms with Crippen LogP contribution in [-0.4, -0.2) is 15.9 Å². The summed E-state index contributed by atoms with van der Waals surface area (Å²) < 4.78 is 0. The van der Waals surface area contributed by atoms with E-state index in [1.165, 1.54) is 23.5 Å². The van der Waals surface area contributed by atoms with Crippen molar-refractivity contribution in [1.29, 1.82) is 0 Å². The number of nitrogens with two attached hydrogens (primary N) is 1. The van der Waals surface area contributed by atoms with E-state index in [9.17, 15) is 4.79 Å². The van der Waals surface area contributed by atoms with Crippen molar-refractivity contribution >= 4 is 17.7 Å². The second-order valence-electron chi connectivity index (χ2n) is 3.35. The Morgan fingerprint density at radius 2 is 1.88 bits per heavy atom. The van der Waals surface area contributed by atoms with Crippen LogP contribution in [0.4, 0.5) is 0 Å². The van der Waals surface area contributed by atoms with Gasteiger partial charge < -0.3 is 5.73 Å². The predicted octanol–water partition coefficient (Wildman–Crippen LogP) is 1.87. The zero-order valence-electron chi connectivity index (χ0n) is 9.04. The molecule has 1 aromatic carbocycles. The molecule has 1 heterocycles. The van der Waals surface area contributed by atoms with E-state index in [-0.39, 0.29) is 5.69 Å². The van der Waals surface area contributed by atoms with Gasteiger partial charge in [0.1, 0.15) is 5.03 Å². The molecule has 5 heteroatoms. The normalized spacial score (nSPS) is 10.1. The molecule has 2 aromatic rings. The number of hydrogen-bond acceptors (Lipinski definition) is 4. The summed E-state index contributed by atoms with van der Waals surface area (Å²) in [6.07, 6.45) is 3.02. The molecule has 0 aliphatic heterocycles. The standard InChI is InChI=1S/C12H11N3OS/c13-11(16)10-12(15-7-6-14-10)17-8-9-4-2-1-3-5-9/h1-7H,8H2,(H2,13,16). The van der Waals surface area contributed by atoms with Gasteiger partial charge in [-0.3, -0.25) is 4.79 Å². The van der Waals surface area contributed by atoms with E-state index < -0.39 is 5.91 Å². The van der Waals surface area contributed by atoms with Crippen molar-refractivity contribution in [1.82, 2.24) is 9.97 Å². The zero-order chi connectivity index (χ0) is 12.1. The largest absolute Gasteiger partial charge is 0.364 e. The molecule has 0 radical (unpaired) electrons. The molecule has 0 aliphatic rings. The Morgan fingerprint density at radius 1 is 1.18 bits per heavy atom. The molecule has 2 N–H and O–H groups in total. The molecule has 0 spiro atoms. The predicted molar refractivity (Wildman–Crippen MR) is 66.6 cm³/mol. The Kier molecular flexibility index (Phi) is 3.72. The average molecular weight is 245 g/mol. The van der Waals surface area contributed by atoms with Crippen molar-refractivity contribution in [3.05, 3.63) is 54.0 Å². The van der Waals surface area contributed by atoms with Crippen molar-refractivity contribution in [3.8, 4) is 0 Å². The van der Waals surface area contributed by atoms with Crippen molar-refractivity contribution in [2.75, 3.05) is 0 Å². The SMILES string of the molecule is NC(=O)c1nccnc1SCc1ccccc1. The lowest BCUT2D eigenvalue weighted by atomic mass is 10.2. The third-order valence-electron chi connectivity index (χ3n) is 2.12. The topological polar surface area (TPSA) is 68.9 Å². The van der Waals surface area contributed by atoms with Crippen LogP contribution in [0, 0.1) is 0 Å². The van der Waals surface area contributed by atoms with Crippen molar-refractivity contribution < 1.29 is 4.79 Å². The Labute approximate surface area is 103 Å². The van der Waals surface area contributed by atoms with E-state index in [0.29, 0.717) is 5.03 Å². The van der Waals surface area contributed by atoms with Gasteiger partial charge in [-0.2, -0.15) is 0 Å². The minimum Gasteiger partial charge on any atom is -0.364 e. The van der Waals surface area contributed by atoms with Gasteiger partial charge in [-0.05, 0) is 5.56 Å². The lowest BCUT2D eigenvalue weighted by Gasteiger charge is -2.03. The van der Waals surface area contributed by atoms with Gasteiger partial charge in [-0.25, -0.2) is 9.97 Å². The first kappa shape index (κ1) is 11.6. The Hall–Kier alpha value is -1.88. The highest BCUT2D eigenvalue weighted by molar-refractivity contribution is 7.98. The number of carbonyl (C=O) groups excluding carboxylic acids is 1. The highest BCUT2D eigenvalue weighted by atomic mass is 32.2. The maximum atomic E-state index is 11.1. The van der Waals surface area contributed by atoms with E-state index in [0.717, 1.165) is 5.75 Å². The average Bonchev–Trinajstić information content (AvgIpc) is 2.38. The highest BCUT2D eigenvalue weighted by Crippen LogP contribution is 2.22. The zero-order valence-corrected chi connectivity index (χ0v) is 9.85. The van der Waals surface area contributed by atoms with Gasteiger partial charge in [0.15, 0.2) is 5.69 Å². The third-order valence-corrected chi connectivity index (χ3v) is 3.17. The fraction of sp³-hybridized carbons (Fsp3) is 0.0833. The van der Waals surface area contributed by atoms with Crippen LogP contribution in [0.1, 0.15) is 16.1 Å². The van der Waals surface area contributed by atoms with Crippen molar-refractivity contribution in [3.63, 3.8) is 0 Å². The van der Waals surface area contributed by atoms with Gasteiger partial charge in [0, 0.05) is 18.1 Å². The van der Waals surface area contributed by atoms with Gasteiger partial charge in [-0.15, -0.1) is 0 Å². The number of nitrogens with zero attached hydrogens (tertiary/aromatic N) is 2. The summed E-state index contributed by atoms with van der Waals surface area (Å²) in [6, 6.07) is 9.95. The first-order valence-electron chi connectivity index (χ1n) is 5.05. The minimum absolute atomic E-state index is 0.230. The summed E-state index contributed by atoms with van der Waals surface area (Å²) in [6.45, 7) is 0. The first-order chi connectivity index (χ1) is 8.27. The number of amides is 1. The van der Waals surface area contributed by atoms with Crippen LogP contribution in [0.15, 0.2) is 47.8 Å². The number of aromatic nitrogens is 2. The van der Waals surface area contributed by atoms with Crippen molar-refractivity contribution in [2.24, 2.45) is 5.73 Å². The van der Waals surface area contributed by atoms with Crippen LogP contribution in [0.3, 0.4) is 0 Å². The van der Waals surface area contributed by atoms with E-state index in [2.05, 4.69) is 9.97 Å². The van der Waals surface area contributed by atoms with Crippen molar-refractivity contribution in [2.45, 2.75) is 10.8 Å². The summed E-state index contributed by atoms with van der Waals surface area (Å²) in [5.41, 5.74) is 6.62. The molecule has 4 nitrogen and oxygen atoms in total. The fourth-order valence-electron chi connectivity index (χ4n) is 1.33. The monoisotopic (exact) mass is 245 g/mol. The number of carbonyl (C=O) groups is 1.